The average Bonchev–Trinajstić information content (AvgIpc) is 3.25. The van der Waals surface area contributed by atoms with Gasteiger partial charge in [0.1, 0.15) is 18.5 Å². The van der Waals surface area contributed by atoms with E-state index in [1.165, 1.54) is 6.33 Å². The lowest BCUT2D eigenvalue weighted by molar-refractivity contribution is -0.0299. The van der Waals surface area contributed by atoms with Crippen molar-refractivity contribution in [2.24, 2.45) is 0 Å². The van der Waals surface area contributed by atoms with Gasteiger partial charge in [-0.1, -0.05) is 0 Å². The predicted molar refractivity (Wildman–Crippen MR) is 79.8 cm³/mol. The van der Waals surface area contributed by atoms with E-state index in [4.69, 9.17) is 9.47 Å². The van der Waals surface area contributed by atoms with Gasteiger partial charge in [0.05, 0.1) is 25.1 Å². The fourth-order valence-corrected chi connectivity index (χ4v) is 3.04. The minimum absolute atomic E-state index is 0.202. The Hall–Kier alpha value is -1.81. The molecule has 0 amide bonds. The van der Waals surface area contributed by atoms with Crippen LogP contribution in [0.2, 0.25) is 0 Å². The zero-order valence-electron chi connectivity index (χ0n) is 12.7. The summed E-state index contributed by atoms with van der Waals surface area (Å²) in [6, 6.07) is 0.202. The van der Waals surface area contributed by atoms with E-state index < -0.39 is 24.5 Å². The molecule has 2 aromatic rings. The molecule has 4 heterocycles. The molecule has 5 atom stereocenters. The summed E-state index contributed by atoms with van der Waals surface area (Å²) >= 11 is 0. The van der Waals surface area contributed by atoms with Crippen LogP contribution in [0.1, 0.15) is 19.6 Å². The number of ether oxygens (including phenoxy) is 2. The quantitative estimate of drug-likeness (QED) is 0.704. The number of rotatable bonds is 3. The minimum Gasteiger partial charge on any atom is -0.388 e. The standard InChI is InChI=1S/C14H19N5O4/c1-7-10(20)11(21)14(23-7)19-6-17-9-12(15-5-16-13(9)19)18-8-2-3-22-4-8/h5-8,10-11,14,20-21H,2-4H2,1H3,(H,15,16,18)/t7-,8?,10+,11-,14-/m1/s1. The van der Waals surface area contributed by atoms with Crippen molar-refractivity contribution in [1.82, 2.24) is 19.5 Å². The van der Waals surface area contributed by atoms with Gasteiger partial charge in [-0.05, 0) is 13.3 Å². The number of hydrogen-bond acceptors (Lipinski definition) is 8. The van der Waals surface area contributed by atoms with Crippen LogP contribution in [0, 0.1) is 0 Å². The highest BCUT2D eigenvalue weighted by atomic mass is 16.6. The fraction of sp³-hybridized carbons (Fsp3) is 0.643. The molecule has 1 unspecified atom stereocenters. The van der Waals surface area contributed by atoms with Crippen LogP contribution in [0.15, 0.2) is 12.7 Å². The number of aliphatic hydroxyl groups is 2. The molecule has 2 saturated heterocycles. The van der Waals surface area contributed by atoms with Crippen molar-refractivity contribution >= 4 is 17.0 Å². The van der Waals surface area contributed by atoms with E-state index in [1.54, 1.807) is 17.8 Å². The molecule has 0 aliphatic carbocycles. The summed E-state index contributed by atoms with van der Waals surface area (Å²) in [4.78, 5) is 12.9. The maximum absolute atomic E-state index is 10.2. The summed E-state index contributed by atoms with van der Waals surface area (Å²) in [7, 11) is 0. The fourth-order valence-electron chi connectivity index (χ4n) is 3.04. The molecule has 124 valence electrons. The van der Waals surface area contributed by atoms with Crippen molar-refractivity contribution in [2.75, 3.05) is 18.5 Å². The van der Waals surface area contributed by atoms with Crippen LogP contribution in [-0.2, 0) is 9.47 Å². The Kier molecular flexibility index (Phi) is 3.64. The molecular weight excluding hydrogens is 302 g/mol. The third-order valence-corrected chi connectivity index (χ3v) is 4.38. The van der Waals surface area contributed by atoms with Gasteiger partial charge in [0.25, 0.3) is 0 Å². The Balaban J connectivity index is 1.67. The predicted octanol–water partition coefficient (Wildman–Crippen LogP) is -0.334. The smallest absolute Gasteiger partial charge is 0.167 e. The van der Waals surface area contributed by atoms with E-state index in [0.717, 1.165) is 13.0 Å². The van der Waals surface area contributed by atoms with Gasteiger partial charge in [0.15, 0.2) is 23.2 Å². The van der Waals surface area contributed by atoms with Crippen LogP contribution in [0.25, 0.3) is 11.2 Å². The van der Waals surface area contributed by atoms with Gasteiger partial charge in [0, 0.05) is 6.61 Å². The molecule has 4 rings (SSSR count). The maximum Gasteiger partial charge on any atom is 0.167 e. The first-order valence-corrected chi connectivity index (χ1v) is 7.68. The van der Waals surface area contributed by atoms with Crippen LogP contribution in [-0.4, -0.2) is 67.3 Å². The SMILES string of the molecule is C[C@H]1O[C@@H](n2cnc3c(NC4CCOC4)ncnc32)[C@H](O)[C@H]1O. The maximum atomic E-state index is 10.2. The van der Waals surface area contributed by atoms with Crippen LogP contribution < -0.4 is 5.32 Å². The lowest BCUT2D eigenvalue weighted by Gasteiger charge is -2.16. The zero-order valence-corrected chi connectivity index (χ0v) is 12.7. The summed E-state index contributed by atoms with van der Waals surface area (Å²) < 4.78 is 12.6. The summed E-state index contributed by atoms with van der Waals surface area (Å²) in [5, 5.41) is 23.4. The van der Waals surface area contributed by atoms with E-state index >= 15 is 0 Å². The molecule has 3 N–H and O–H groups in total. The third kappa shape index (κ3) is 2.45. The summed E-state index contributed by atoms with van der Waals surface area (Å²) in [5.74, 6) is 0.630. The van der Waals surface area contributed by atoms with Crippen molar-refractivity contribution in [3.8, 4) is 0 Å². The molecule has 0 aromatic carbocycles. The second kappa shape index (κ2) is 5.68. The van der Waals surface area contributed by atoms with Gasteiger partial charge in [-0.15, -0.1) is 0 Å². The van der Waals surface area contributed by atoms with Gasteiger partial charge < -0.3 is 25.0 Å². The minimum atomic E-state index is -1.03. The highest BCUT2D eigenvalue weighted by Crippen LogP contribution is 2.32. The Morgan fingerprint density at radius 1 is 1.26 bits per heavy atom. The zero-order chi connectivity index (χ0) is 16.0. The van der Waals surface area contributed by atoms with Gasteiger partial charge in [-0.2, -0.15) is 0 Å². The monoisotopic (exact) mass is 321 g/mol. The lowest BCUT2D eigenvalue weighted by Crippen LogP contribution is -2.30. The Morgan fingerprint density at radius 3 is 2.83 bits per heavy atom. The second-order valence-electron chi connectivity index (χ2n) is 5.96. The molecule has 0 spiro atoms. The van der Waals surface area contributed by atoms with E-state index in [2.05, 4.69) is 20.3 Å². The van der Waals surface area contributed by atoms with Gasteiger partial charge >= 0.3 is 0 Å². The van der Waals surface area contributed by atoms with E-state index in [1.807, 2.05) is 0 Å². The average molecular weight is 321 g/mol. The van der Waals surface area contributed by atoms with Crippen LogP contribution in [0.5, 0.6) is 0 Å². The van der Waals surface area contributed by atoms with Crippen molar-refractivity contribution in [3.05, 3.63) is 12.7 Å². The number of hydrogen-bond donors (Lipinski definition) is 3. The first-order valence-electron chi connectivity index (χ1n) is 7.68. The molecule has 9 nitrogen and oxygen atoms in total. The normalized spacial score (nSPS) is 34.3. The third-order valence-electron chi connectivity index (χ3n) is 4.38. The summed E-state index contributed by atoms with van der Waals surface area (Å²) in [6.07, 6.45) is 0.767. The summed E-state index contributed by atoms with van der Waals surface area (Å²) in [6.45, 7) is 3.09. The van der Waals surface area contributed by atoms with Crippen molar-refractivity contribution in [3.63, 3.8) is 0 Å². The van der Waals surface area contributed by atoms with Crippen LogP contribution >= 0.6 is 0 Å². The van der Waals surface area contributed by atoms with Crippen LogP contribution in [0.4, 0.5) is 5.82 Å². The second-order valence-corrected chi connectivity index (χ2v) is 5.96. The van der Waals surface area contributed by atoms with Crippen molar-refractivity contribution in [1.29, 1.82) is 0 Å². The number of nitrogens with one attached hydrogen (secondary N) is 1. The van der Waals surface area contributed by atoms with E-state index in [-0.39, 0.29) is 6.04 Å². The summed E-state index contributed by atoms with van der Waals surface area (Å²) in [5.41, 5.74) is 1.15. The number of imidazole rings is 1. The molecule has 2 aliphatic heterocycles. The first-order chi connectivity index (χ1) is 11.1. The molecule has 0 saturated carbocycles. The number of aliphatic hydroxyl groups excluding tert-OH is 2. The molecule has 0 bridgehead atoms. The number of aromatic nitrogens is 4. The van der Waals surface area contributed by atoms with Gasteiger partial charge in [0.2, 0.25) is 0 Å². The molecule has 2 aromatic heterocycles. The highest BCUT2D eigenvalue weighted by molar-refractivity contribution is 5.82. The number of nitrogens with zero attached hydrogens (tertiary/aromatic N) is 4. The van der Waals surface area contributed by atoms with E-state index in [9.17, 15) is 10.2 Å². The highest BCUT2D eigenvalue weighted by Gasteiger charge is 2.42. The topological polar surface area (TPSA) is 115 Å². The number of anilines is 1. The van der Waals surface area contributed by atoms with Gasteiger partial charge in [-0.25, -0.2) is 15.0 Å². The molecule has 0 radical (unpaired) electrons. The Labute approximate surface area is 132 Å². The molecule has 23 heavy (non-hydrogen) atoms. The Bertz CT molecular complexity index is 702. The molecule has 2 fully saturated rings. The van der Waals surface area contributed by atoms with Gasteiger partial charge in [-0.3, -0.25) is 4.57 Å². The van der Waals surface area contributed by atoms with Crippen molar-refractivity contribution < 1.29 is 19.7 Å². The van der Waals surface area contributed by atoms with Crippen molar-refractivity contribution in [2.45, 2.75) is 43.9 Å². The molecule has 9 heteroatoms. The van der Waals surface area contributed by atoms with Crippen LogP contribution in [0.3, 0.4) is 0 Å². The Morgan fingerprint density at radius 2 is 2.13 bits per heavy atom. The lowest BCUT2D eigenvalue weighted by atomic mass is 10.1. The first kappa shape index (κ1) is 14.8. The largest absolute Gasteiger partial charge is 0.388 e. The number of fused-ring (bicyclic) bond motifs is 1. The molecule has 2 aliphatic rings. The molecular formula is C14H19N5O4. The van der Waals surface area contributed by atoms with E-state index in [0.29, 0.717) is 23.6 Å².